The van der Waals surface area contributed by atoms with Gasteiger partial charge in [0, 0.05) is 32.6 Å². The number of hydrogen-bond acceptors (Lipinski definition) is 6. The first-order chi connectivity index (χ1) is 22.9. The minimum absolute atomic E-state index is 0.124. The van der Waals surface area contributed by atoms with Crippen LogP contribution in [0.15, 0.2) is 12.7 Å². The van der Waals surface area contributed by atoms with E-state index in [0.717, 1.165) is 57.8 Å². The molecule has 48 heavy (non-hydrogen) atoms. The highest BCUT2D eigenvalue weighted by Gasteiger charge is 2.43. The molecule has 2 aliphatic heterocycles. The van der Waals surface area contributed by atoms with E-state index in [1.54, 1.807) is 0 Å². The average molecular weight is 671 g/mol. The number of carbonyl (C=O) groups excluding carboxylic acids is 6. The van der Waals surface area contributed by atoms with Gasteiger partial charge in [-0.1, -0.05) is 59.0 Å². The van der Waals surface area contributed by atoms with Crippen molar-refractivity contribution in [3.8, 4) is 0 Å². The summed E-state index contributed by atoms with van der Waals surface area (Å²) in [5, 5.41) is 11.4. The number of nitrogens with zero attached hydrogens (tertiary/aromatic N) is 2. The molecule has 0 aromatic heterocycles. The SMILES string of the molecule is C=CCNC(=O)C(=O)C(CCC1CC1)NC(=O)[C@@H]1CCCN1C(=O)[C@@H](NC(=O)N[C@H](CN1CCCCC1=O)C1CCCCC1)C(C)(C)C. The maximum atomic E-state index is 14.2. The fourth-order valence-electron chi connectivity index (χ4n) is 7.36. The van der Waals surface area contributed by atoms with E-state index in [4.69, 9.17) is 0 Å². The van der Waals surface area contributed by atoms with Gasteiger partial charge in [-0.15, -0.1) is 6.58 Å². The van der Waals surface area contributed by atoms with Crippen molar-refractivity contribution in [2.24, 2.45) is 17.3 Å². The van der Waals surface area contributed by atoms with E-state index >= 15 is 0 Å². The summed E-state index contributed by atoms with van der Waals surface area (Å²) < 4.78 is 0. The minimum atomic E-state index is -0.980. The van der Waals surface area contributed by atoms with Gasteiger partial charge in [0.25, 0.3) is 5.91 Å². The lowest BCUT2D eigenvalue weighted by Crippen LogP contribution is -2.61. The number of carbonyl (C=O) groups is 6. The summed E-state index contributed by atoms with van der Waals surface area (Å²) in [5.74, 6) is -1.42. The Morgan fingerprint density at radius 1 is 0.896 bits per heavy atom. The third kappa shape index (κ3) is 10.5. The highest BCUT2D eigenvalue weighted by Crippen LogP contribution is 2.34. The second-order valence-electron chi connectivity index (χ2n) is 15.4. The molecule has 1 unspecified atom stereocenters. The first-order valence-electron chi connectivity index (χ1n) is 18.3. The van der Waals surface area contributed by atoms with Gasteiger partial charge in [-0.2, -0.15) is 0 Å². The van der Waals surface area contributed by atoms with Crippen molar-refractivity contribution in [1.82, 2.24) is 31.1 Å². The lowest BCUT2D eigenvalue weighted by molar-refractivity contribution is -0.143. The maximum Gasteiger partial charge on any atom is 0.315 e. The first kappa shape index (κ1) is 37.4. The number of amides is 6. The molecule has 2 saturated carbocycles. The first-order valence-corrected chi connectivity index (χ1v) is 18.3. The van der Waals surface area contributed by atoms with Gasteiger partial charge < -0.3 is 31.1 Å². The van der Waals surface area contributed by atoms with Gasteiger partial charge in [-0.05, 0) is 68.6 Å². The largest absolute Gasteiger partial charge is 0.346 e. The van der Waals surface area contributed by atoms with Gasteiger partial charge in [-0.25, -0.2) is 4.79 Å². The molecule has 2 aliphatic carbocycles. The molecular weight excluding hydrogens is 612 g/mol. The molecule has 2 saturated heterocycles. The Hall–Kier alpha value is -3.44. The summed E-state index contributed by atoms with van der Waals surface area (Å²) in [7, 11) is 0. The van der Waals surface area contributed by atoms with E-state index in [1.165, 1.54) is 17.4 Å². The molecule has 4 rings (SSSR count). The van der Waals surface area contributed by atoms with Gasteiger partial charge in [0.1, 0.15) is 12.1 Å². The summed E-state index contributed by atoms with van der Waals surface area (Å²) in [4.78, 5) is 83.0. The number of hydrogen-bond donors (Lipinski definition) is 4. The molecule has 6 amide bonds. The summed E-state index contributed by atoms with van der Waals surface area (Å²) in [6.07, 6.45) is 13.4. The topological polar surface area (TPSA) is 157 Å². The highest BCUT2D eigenvalue weighted by atomic mass is 16.2. The Labute approximate surface area is 285 Å². The van der Waals surface area contributed by atoms with Crippen LogP contribution in [-0.4, -0.2) is 95.6 Å². The number of rotatable bonds is 15. The Morgan fingerprint density at radius 2 is 1.62 bits per heavy atom. The zero-order valence-corrected chi connectivity index (χ0v) is 29.3. The molecule has 4 fully saturated rings. The van der Waals surface area contributed by atoms with Gasteiger partial charge in [-0.3, -0.25) is 24.0 Å². The van der Waals surface area contributed by atoms with Crippen molar-refractivity contribution in [3.05, 3.63) is 12.7 Å². The van der Waals surface area contributed by atoms with Crippen LogP contribution in [0.1, 0.15) is 111 Å². The average Bonchev–Trinajstić information content (AvgIpc) is 3.76. The second kappa shape index (κ2) is 17.3. The van der Waals surface area contributed by atoms with Gasteiger partial charge in [0.15, 0.2) is 0 Å². The fraction of sp³-hybridized carbons (Fsp3) is 0.778. The van der Waals surface area contributed by atoms with E-state index in [0.29, 0.717) is 51.2 Å². The lowest BCUT2D eigenvalue weighted by Gasteiger charge is -2.38. The van der Waals surface area contributed by atoms with Crippen LogP contribution >= 0.6 is 0 Å². The fourth-order valence-corrected chi connectivity index (χ4v) is 7.36. The van der Waals surface area contributed by atoms with E-state index < -0.39 is 47.2 Å². The lowest BCUT2D eigenvalue weighted by atomic mass is 9.83. The van der Waals surface area contributed by atoms with Crippen molar-refractivity contribution in [1.29, 1.82) is 0 Å². The minimum Gasteiger partial charge on any atom is -0.346 e. The molecular formula is C36H58N6O6. The predicted molar refractivity (Wildman–Crippen MR) is 183 cm³/mol. The highest BCUT2D eigenvalue weighted by molar-refractivity contribution is 6.38. The molecule has 2 heterocycles. The summed E-state index contributed by atoms with van der Waals surface area (Å²) in [6, 6.07) is -3.40. The predicted octanol–water partition coefficient (Wildman–Crippen LogP) is 3.20. The summed E-state index contributed by atoms with van der Waals surface area (Å²) >= 11 is 0. The second-order valence-corrected chi connectivity index (χ2v) is 15.4. The van der Waals surface area contributed by atoms with Crippen molar-refractivity contribution in [2.75, 3.05) is 26.2 Å². The molecule has 4 aliphatic rings. The van der Waals surface area contributed by atoms with Crippen molar-refractivity contribution in [3.63, 3.8) is 0 Å². The third-order valence-corrected chi connectivity index (χ3v) is 10.4. The Balaban J connectivity index is 1.43. The molecule has 0 aromatic carbocycles. The van der Waals surface area contributed by atoms with Gasteiger partial charge >= 0.3 is 6.03 Å². The Bertz CT molecular complexity index is 1190. The van der Waals surface area contributed by atoms with E-state index in [9.17, 15) is 28.8 Å². The Morgan fingerprint density at radius 3 is 2.27 bits per heavy atom. The zero-order chi connectivity index (χ0) is 34.8. The zero-order valence-electron chi connectivity index (χ0n) is 29.3. The quantitative estimate of drug-likeness (QED) is 0.155. The molecule has 0 spiro atoms. The smallest absolute Gasteiger partial charge is 0.315 e. The van der Waals surface area contributed by atoms with Gasteiger partial charge in [0.2, 0.25) is 23.5 Å². The normalized spacial score (nSPS) is 22.3. The summed E-state index contributed by atoms with van der Waals surface area (Å²) in [6.45, 7) is 10.8. The number of urea groups is 1. The number of piperidine rings is 1. The van der Waals surface area contributed by atoms with Crippen LogP contribution in [-0.2, 0) is 24.0 Å². The molecule has 0 aromatic rings. The van der Waals surface area contributed by atoms with Gasteiger partial charge in [0.05, 0.1) is 12.1 Å². The molecule has 268 valence electrons. The Kier molecular flexibility index (Phi) is 13.5. The number of nitrogens with one attached hydrogen (secondary N) is 4. The van der Waals surface area contributed by atoms with E-state index in [2.05, 4.69) is 27.8 Å². The van der Waals surface area contributed by atoms with Crippen LogP contribution < -0.4 is 21.3 Å². The van der Waals surface area contributed by atoms with Crippen LogP contribution in [0.3, 0.4) is 0 Å². The number of ketones is 1. The maximum absolute atomic E-state index is 14.2. The molecule has 12 nitrogen and oxygen atoms in total. The molecule has 0 bridgehead atoms. The van der Waals surface area contributed by atoms with Crippen LogP contribution in [0.2, 0.25) is 0 Å². The number of likely N-dealkylation sites (tertiary alicyclic amines) is 2. The summed E-state index contributed by atoms with van der Waals surface area (Å²) in [5.41, 5.74) is -0.673. The van der Waals surface area contributed by atoms with E-state index in [1.807, 2.05) is 25.7 Å². The van der Waals surface area contributed by atoms with Crippen LogP contribution in [0.25, 0.3) is 0 Å². The molecule has 12 heteroatoms. The standard InChI is InChI=1S/C36H58N6O6/c1-5-20-37-33(46)30(44)26(19-18-24-16-17-24)38-32(45)28-14-11-22-42(28)34(47)31(36(2,3)4)40-35(48)39-27(25-12-7-6-8-13-25)23-41-21-10-9-15-29(41)43/h5,24-28,31H,1,6-23H2,2-4H3,(H,37,46)(H,38,45)(H2,39,40,48)/t26?,27-,28+,31-/m1/s1. The number of Topliss-reactive ketones (excluding diaryl/α,β-unsaturated/α-hetero) is 1. The monoisotopic (exact) mass is 670 g/mol. The van der Waals surface area contributed by atoms with Crippen molar-refractivity contribution >= 4 is 35.4 Å². The van der Waals surface area contributed by atoms with Crippen LogP contribution in [0.5, 0.6) is 0 Å². The molecule has 4 atom stereocenters. The van der Waals surface area contributed by atoms with E-state index in [-0.39, 0.29) is 30.3 Å². The molecule has 0 radical (unpaired) electrons. The third-order valence-electron chi connectivity index (χ3n) is 10.4. The van der Waals surface area contributed by atoms with Crippen LogP contribution in [0, 0.1) is 17.3 Å². The van der Waals surface area contributed by atoms with Crippen molar-refractivity contribution < 1.29 is 28.8 Å². The van der Waals surface area contributed by atoms with Crippen LogP contribution in [0.4, 0.5) is 4.79 Å². The molecule has 4 N–H and O–H groups in total. The van der Waals surface area contributed by atoms with Crippen molar-refractivity contribution in [2.45, 2.75) is 135 Å².